The van der Waals surface area contributed by atoms with Crippen LogP contribution in [0, 0.1) is 6.92 Å². The van der Waals surface area contributed by atoms with E-state index in [1.807, 2.05) is 25.1 Å². The Morgan fingerprint density at radius 1 is 1.39 bits per heavy atom. The molecule has 1 heterocycles. The second-order valence-electron chi connectivity index (χ2n) is 3.68. The van der Waals surface area contributed by atoms with Gasteiger partial charge in [-0.15, -0.1) is 0 Å². The summed E-state index contributed by atoms with van der Waals surface area (Å²) in [6.07, 6.45) is 1.21. The van der Waals surface area contributed by atoms with Gasteiger partial charge in [-0.25, -0.2) is 9.78 Å². The molecule has 0 amide bonds. The third-order valence-electron chi connectivity index (χ3n) is 2.35. The van der Waals surface area contributed by atoms with Gasteiger partial charge in [0.15, 0.2) is 0 Å². The number of para-hydroxylation sites is 1. The highest BCUT2D eigenvalue weighted by Gasteiger charge is 2.10. The minimum absolute atomic E-state index is 0.0251. The second-order valence-corrected chi connectivity index (χ2v) is 4.09. The van der Waals surface area contributed by atoms with Crippen LogP contribution in [0.5, 0.6) is 11.6 Å². The zero-order chi connectivity index (χ0) is 13.1. The van der Waals surface area contributed by atoms with Gasteiger partial charge in [-0.2, -0.15) is 0 Å². The van der Waals surface area contributed by atoms with Crippen LogP contribution in [0.3, 0.4) is 0 Å². The summed E-state index contributed by atoms with van der Waals surface area (Å²) in [7, 11) is 0. The van der Waals surface area contributed by atoms with Crippen LogP contribution < -0.4 is 4.74 Å². The molecule has 0 saturated heterocycles. The Hall–Kier alpha value is -2.07. The number of ether oxygens (including phenoxy) is 1. The number of pyridine rings is 1. The monoisotopic (exact) mass is 263 g/mol. The van der Waals surface area contributed by atoms with Gasteiger partial charge in [-0.05, 0) is 24.6 Å². The van der Waals surface area contributed by atoms with Crippen molar-refractivity contribution in [1.29, 1.82) is 0 Å². The molecule has 0 bridgehead atoms. The van der Waals surface area contributed by atoms with Crippen LogP contribution in [0.2, 0.25) is 5.02 Å². The number of halogens is 1. The molecule has 2 rings (SSSR count). The molecule has 0 atom stereocenters. The number of hydrogen-bond acceptors (Lipinski definition) is 3. The molecule has 4 nitrogen and oxygen atoms in total. The average molecular weight is 264 g/mol. The van der Waals surface area contributed by atoms with E-state index < -0.39 is 5.97 Å². The van der Waals surface area contributed by atoms with E-state index in [2.05, 4.69) is 4.98 Å². The van der Waals surface area contributed by atoms with Crippen molar-refractivity contribution in [3.05, 3.63) is 52.7 Å². The Bertz CT molecular complexity index is 599. The van der Waals surface area contributed by atoms with Gasteiger partial charge in [-0.1, -0.05) is 29.8 Å². The number of carbonyl (C=O) groups is 1. The van der Waals surface area contributed by atoms with Gasteiger partial charge in [-0.3, -0.25) is 0 Å². The van der Waals surface area contributed by atoms with E-state index in [4.69, 9.17) is 21.4 Å². The first-order valence-electron chi connectivity index (χ1n) is 5.20. The molecular formula is C13H10ClNO3. The van der Waals surface area contributed by atoms with Crippen LogP contribution >= 0.6 is 11.6 Å². The molecule has 0 aliphatic rings. The molecule has 1 aromatic heterocycles. The van der Waals surface area contributed by atoms with Crippen LogP contribution in [0.15, 0.2) is 36.5 Å². The molecule has 1 N–H and O–H groups in total. The zero-order valence-electron chi connectivity index (χ0n) is 9.55. The summed E-state index contributed by atoms with van der Waals surface area (Å²) >= 11 is 5.92. The number of aryl methyl sites for hydroxylation is 1. The number of benzene rings is 1. The summed E-state index contributed by atoms with van der Waals surface area (Å²) in [5.41, 5.74) is 0.967. The summed E-state index contributed by atoms with van der Waals surface area (Å²) < 4.78 is 5.54. The van der Waals surface area contributed by atoms with E-state index in [1.165, 1.54) is 12.3 Å². The Balaban J connectivity index is 2.30. The number of aromatic carboxylic acids is 1. The van der Waals surface area contributed by atoms with Gasteiger partial charge >= 0.3 is 5.97 Å². The predicted octanol–water partition coefficient (Wildman–Crippen LogP) is 3.53. The lowest BCUT2D eigenvalue weighted by molar-refractivity contribution is 0.0696. The van der Waals surface area contributed by atoms with E-state index >= 15 is 0 Å². The van der Waals surface area contributed by atoms with E-state index in [0.29, 0.717) is 5.75 Å². The summed E-state index contributed by atoms with van der Waals surface area (Å²) in [5.74, 6) is -0.252. The first kappa shape index (κ1) is 12.4. The Morgan fingerprint density at radius 3 is 2.72 bits per heavy atom. The third kappa shape index (κ3) is 2.60. The molecule has 0 fully saturated rings. The highest BCUT2D eigenvalue weighted by Crippen LogP contribution is 2.29. The van der Waals surface area contributed by atoms with Crippen LogP contribution in [0.1, 0.15) is 15.9 Å². The summed E-state index contributed by atoms with van der Waals surface area (Å²) in [4.78, 5) is 14.6. The quantitative estimate of drug-likeness (QED) is 0.920. The highest BCUT2D eigenvalue weighted by atomic mass is 35.5. The van der Waals surface area contributed by atoms with Crippen molar-refractivity contribution in [3.8, 4) is 11.6 Å². The van der Waals surface area contributed by atoms with Crippen LogP contribution in [-0.2, 0) is 0 Å². The average Bonchev–Trinajstić information content (AvgIpc) is 2.34. The van der Waals surface area contributed by atoms with Crippen molar-refractivity contribution in [2.24, 2.45) is 0 Å². The maximum atomic E-state index is 10.7. The zero-order valence-corrected chi connectivity index (χ0v) is 10.3. The number of nitrogens with zero attached hydrogens (tertiary/aromatic N) is 1. The topological polar surface area (TPSA) is 59.4 Å². The molecule has 2 aromatic rings. The van der Waals surface area contributed by atoms with E-state index in [1.54, 1.807) is 6.07 Å². The van der Waals surface area contributed by atoms with Gasteiger partial charge in [0.05, 0.1) is 5.56 Å². The van der Waals surface area contributed by atoms with Crippen LogP contribution in [0.25, 0.3) is 0 Å². The number of hydrogen-bond donors (Lipinski definition) is 1. The lowest BCUT2D eigenvalue weighted by atomic mass is 10.2. The lowest BCUT2D eigenvalue weighted by Gasteiger charge is -2.08. The number of carboxylic acid groups (broad SMARTS) is 1. The molecule has 1 aromatic carbocycles. The molecule has 5 heteroatoms. The molecule has 0 aliphatic heterocycles. The fraction of sp³-hybridized carbons (Fsp3) is 0.0769. The minimum Gasteiger partial charge on any atom is -0.478 e. The molecule has 0 spiro atoms. The molecule has 0 radical (unpaired) electrons. The second kappa shape index (κ2) is 5.06. The van der Waals surface area contributed by atoms with Crippen molar-refractivity contribution >= 4 is 17.6 Å². The van der Waals surface area contributed by atoms with E-state index in [-0.39, 0.29) is 16.5 Å². The largest absolute Gasteiger partial charge is 0.478 e. The number of rotatable bonds is 3. The molecule has 0 aliphatic carbocycles. The highest BCUT2D eigenvalue weighted by molar-refractivity contribution is 6.32. The molecule has 0 saturated carbocycles. The van der Waals surface area contributed by atoms with Crippen molar-refractivity contribution < 1.29 is 14.6 Å². The molecule has 92 valence electrons. The van der Waals surface area contributed by atoms with Crippen molar-refractivity contribution in [1.82, 2.24) is 4.98 Å². The SMILES string of the molecule is Cc1ccccc1Oc1ncc(C(=O)O)cc1Cl. The maximum absolute atomic E-state index is 10.7. The summed E-state index contributed by atoms with van der Waals surface area (Å²) in [5, 5.41) is 8.96. The summed E-state index contributed by atoms with van der Waals surface area (Å²) in [6.45, 7) is 1.90. The maximum Gasteiger partial charge on any atom is 0.337 e. The van der Waals surface area contributed by atoms with Gasteiger partial charge < -0.3 is 9.84 Å². The summed E-state index contributed by atoms with van der Waals surface area (Å²) in [6, 6.07) is 8.73. The van der Waals surface area contributed by atoms with Crippen molar-refractivity contribution in [3.63, 3.8) is 0 Å². The van der Waals surface area contributed by atoms with Crippen LogP contribution in [0.4, 0.5) is 0 Å². The van der Waals surface area contributed by atoms with Crippen molar-refractivity contribution in [2.75, 3.05) is 0 Å². The van der Waals surface area contributed by atoms with Gasteiger partial charge in [0, 0.05) is 6.20 Å². The van der Waals surface area contributed by atoms with Gasteiger partial charge in [0.1, 0.15) is 10.8 Å². The fourth-order valence-corrected chi connectivity index (χ4v) is 1.60. The van der Waals surface area contributed by atoms with Crippen LogP contribution in [-0.4, -0.2) is 16.1 Å². The first-order valence-corrected chi connectivity index (χ1v) is 5.58. The standard InChI is InChI=1S/C13H10ClNO3/c1-8-4-2-3-5-11(8)18-12-10(14)6-9(7-15-12)13(16)17/h2-7H,1H3,(H,16,17). The molecule has 0 unspecified atom stereocenters. The number of aromatic nitrogens is 1. The van der Waals surface area contributed by atoms with Gasteiger partial charge in [0.2, 0.25) is 5.88 Å². The van der Waals surface area contributed by atoms with Crippen molar-refractivity contribution in [2.45, 2.75) is 6.92 Å². The lowest BCUT2D eigenvalue weighted by Crippen LogP contribution is -1.98. The molecule has 18 heavy (non-hydrogen) atoms. The van der Waals surface area contributed by atoms with E-state index in [9.17, 15) is 4.79 Å². The number of carboxylic acids is 1. The predicted molar refractivity (Wildman–Crippen MR) is 67.5 cm³/mol. The van der Waals surface area contributed by atoms with E-state index in [0.717, 1.165) is 5.56 Å². The smallest absolute Gasteiger partial charge is 0.337 e. The Labute approximate surface area is 109 Å². The Morgan fingerprint density at radius 2 is 2.11 bits per heavy atom. The first-order chi connectivity index (χ1) is 8.58. The third-order valence-corrected chi connectivity index (χ3v) is 2.63. The minimum atomic E-state index is -1.08. The molecular weight excluding hydrogens is 254 g/mol. The normalized spacial score (nSPS) is 10.1. The fourth-order valence-electron chi connectivity index (χ4n) is 1.39. The van der Waals surface area contributed by atoms with Gasteiger partial charge in [0.25, 0.3) is 0 Å². The Kier molecular flexibility index (Phi) is 3.48.